The SMILES string of the molecule is Cc1cc(C)c(Nc2ccnc(Nc3ccc(F)cc3F)n2)c(C)c1. The van der Waals surface area contributed by atoms with E-state index in [-0.39, 0.29) is 11.6 Å². The van der Waals surface area contributed by atoms with Crippen LogP contribution in [0.15, 0.2) is 42.6 Å². The molecule has 4 nitrogen and oxygen atoms in total. The van der Waals surface area contributed by atoms with E-state index in [1.54, 1.807) is 12.3 Å². The van der Waals surface area contributed by atoms with Crippen LogP contribution in [-0.4, -0.2) is 9.97 Å². The molecule has 1 heterocycles. The van der Waals surface area contributed by atoms with Crippen molar-refractivity contribution >= 4 is 23.1 Å². The third kappa shape index (κ3) is 3.91. The predicted molar refractivity (Wildman–Crippen MR) is 95.6 cm³/mol. The Kier molecular flexibility index (Phi) is 4.61. The summed E-state index contributed by atoms with van der Waals surface area (Å²) in [5.41, 5.74) is 4.49. The molecule has 0 aliphatic heterocycles. The van der Waals surface area contributed by atoms with Gasteiger partial charge in [-0.3, -0.25) is 0 Å². The summed E-state index contributed by atoms with van der Waals surface area (Å²) in [5, 5.41) is 6.03. The van der Waals surface area contributed by atoms with E-state index in [1.165, 1.54) is 17.7 Å². The standard InChI is InChI=1S/C19H18F2N4/c1-11-8-12(2)18(13(3)9-11)24-17-6-7-22-19(25-17)23-16-5-4-14(20)10-15(16)21/h4-10H,1-3H3,(H2,22,23,24,25). The molecule has 25 heavy (non-hydrogen) atoms. The molecule has 0 unspecified atom stereocenters. The van der Waals surface area contributed by atoms with Crippen molar-refractivity contribution in [2.75, 3.05) is 10.6 Å². The molecule has 6 heteroatoms. The number of hydrogen-bond donors (Lipinski definition) is 2. The Bertz CT molecular complexity index is 902. The normalized spacial score (nSPS) is 10.6. The topological polar surface area (TPSA) is 49.8 Å². The van der Waals surface area contributed by atoms with Gasteiger partial charge in [0.15, 0.2) is 0 Å². The Balaban J connectivity index is 1.85. The van der Waals surface area contributed by atoms with Gasteiger partial charge in [-0.2, -0.15) is 4.98 Å². The van der Waals surface area contributed by atoms with Crippen molar-refractivity contribution in [2.45, 2.75) is 20.8 Å². The van der Waals surface area contributed by atoms with E-state index in [2.05, 4.69) is 32.7 Å². The third-order valence-corrected chi connectivity index (χ3v) is 3.76. The number of hydrogen-bond acceptors (Lipinski definition) is 4. The van der Waals surface area contributed by atoms with Crippen LogP contribution in [0, 0.1) is 32.4 Å². The maximum atomic E-state index is 13.8. The zero-order valence-corrected chi connectivity index (χ0v) is 14.2. The van der Waals surface area contributed by atoms with Crippen LogP contribution >= 0.6 is 0 Å². The molecule has 0 fully saturated rings. The average Bonchev–Trinajstić information content (AvgIpc) is 2.54. The van der Waals surface area contributed by atoms with E-state index in [4.69, 9.17) is 0 Å². The molecule has 3 rings (SSSR count). The lowest BCUT2D eigenvalue weighted by molar-refractivity contribution is 0.586. The minimum atomic E-state index is -0.702. The zero-order valence-electron chi connectivity index (χ0n) is 14.2. The van der Waals surface area contributed by atoms with Gasteiger partial charge in [0.1, 0.15) is 17.5 Å². The van der Waals surface area contributed by atoms with Gasteiger partial charge in [-0.15, -0.1) is 0 Å². The molecule has 0 radical (unpaired) electrons. The predicted octanol–water partition coefficient (Wildman–Crippen LogP) is 5.17. The molecule has 128 valence electrons. The van der Waals surface area contributed by atoms with Crippen LogP contribution in [0.25, 0.3) is 0 Å². The molecule has 2 aromatic carbocycles. The largest absolute Gasteiger partial charge is 0.340 e. The van der Waals surface area contributed by atoms with E-state index in [1.807, 2.05) is 20.8 Å². The van der Waals surface area contributed by atoms with E-state index in [0.717, 1.165) is 22.9 Å². The molecule has 1 aromatic heterocycles. The summed E-state index contributed by atoms with van der Waals surface area (Å²) in [6.45, 7) is 6.10. The minimum Gasteiger partial charge on any atom is -0.340 e. The number of anilines is 4. The van der Waals surface area contributed by atoms with Crippen LogP contribution in [0.4, 0.5) is 31.9 Å². The first-order valence-corrected chi connectivity index (χ1v) is 7.82. The molecule has 0 saturated carbocycles. The van der Waals surface area contributed by atoms with Crippen molar-refractivity contribution in [1.82, 2.24) is 9.97 Å². The summed E-state index contributed by atoms with van der Waals surface area (Å²) in [6, 6.07) is 9.19. The van der Waals surface area contributed by atoms with Gasteiger partial charge >= 0.3 is 0 Å². The van der Waals surface area contributed by atoms with Gasteiger partial charge < -0.3 is 10.6 Å². The van der Waals surface area contributed by atoms with Gasteiger partial charge in [-0.05, 0) is 50.1 Å². The summed E-state index contributed by atoms with van der Waals surface area (Å²) in [4.78, 5) is 8.41. The van der Waals surface area contributed by atoms with Crippen molar-refractivity contribution in [1.29, 1.82) is 0 Å². The molecule has 0 atom stereocenters. The van der Waals surface area contributed by atoms with Gasteiger partial charge in [0, 0.05) is 18.0 Å². The Hall–Kier alpha value is -3.02. The fraction of sp³-hybridized carbons (Fsp3) is 0.158. The van der Waals surface area contributed by atoms with Crippen molar-refractivity contribution in [3.05, 3.63) is 70.9 Å². The molecular weight excluding hydrogens is 322 g/mol. The first kappa shape index (κ1) is 16.8. The van der Waals surface area contributed by atoms with Crippen LogP contribution in [0.1, 0.15) is 16.7 Å². The number of halogens is 2. The Morgan fingerprint density at radius 1 is 0.880 bits per heavy atom. The second-order valence-electron chi connectivity index (χ2n) is 5.91. The molecule has 2 N–H and O–H groups in total. The van der Waals surface area contributed by atoms with Crippen LogP contribution in [0.3, 0.4) is 0 Å². The first-order chi connectivity index (χ1) is 11.9. The second-order valence-corrected chi connectivity index (χ2v) is 5.91. The number of rotatable bonds is 4. The summed E-state index contributed by atoms with van der Waals surface area (Å²) in [6.07, 6.45) is 1.57. The second kappa shape index (κ2) is 6.84. The van der Waals surface area contributed by atoms with E-state index in [0.29, 0.717) is 5.82 Å². The highest BCUT2D eigenvalue weighted by atomic mass is 19.1. The maximum Gasteiger partial charge on any atom is 0.229 e. The highest BCUT2D eigenvalue weighted by Gasteiger charge is 2.08. The molecule has 0 bridgehead atoms. The van der Waals surface area contributed by atoms with E-state index >= 15 is 0 Å². The van der Waals surface area contributed by atoms with Gasteiger partial charge in [0.25, 0.3) is 0 Å². The van der Waals surface area contributed by atoms with Gasteiger partial charge in [0.05, 0.1) is 5.69 Å². The lowest BCUT2D eigenvalue weighted by Crippen LogP contribution is -2.03. The molecule has 3 aromatic rings. The highest BCUT2D eigenvalue weighted by molar-refractivity contribution is 5.66. The number of benzene rings is 2. The van der Waals surface area contributed by atoms with E-state index < -0.39 is 11.6 Å². The van der Waals surface area contributed by atoms with Crippen LogP contribution in [0.5, 0.6) is 0 Å². The van der Waals surface area contributed by atoms with Crippen molar-refractivity contribution in [2.24, 2.45) is 0 Å². The van der Waals surface area contributed by atoms with Crippen molar-refractivity contribution in [3.8, 4) is 0 Å². The summed E-state index contributed by atoms with van der Waals surface area (Å²) < 4.78 is 26.7. The van der Waals surface area contributed by atoms with Gasteiger partial charge in [-0.1, -0.05) is 17.7 Å². The average molecular weight is 340 g/mol. The van der Waals surface area contributed by atoms with Gasteiger partial charge in [0.2, 0.25) is 5.95 Å². The fourth-order valence-corrected chi connectivity index (χ4v) is 2.71. The lowest BCUT2D eigenvalue weighted by atomic mass is 10.1. The van der Waals surface area contributed by atoms with Crippen molar-refractivity contribution < 1.29 is 8.78 Å². The van der Waals surface area contributed by atoms with E-state index in [9.17, 15) is 8.78 Å². The number of aromatic nitrogens is 2. The molecular formula is C19H18F2N4. The number of aryl methyl sites for hydroxylation is 3. The lowest BCUT2D eigenvalue weighted by Gasteiger charge is -2.14. The van der Waals surface area contributed by atoms with Crippen LogP contribution in [0.2, 0.25) is 0 Å². The maximum absolute atomic E-state index is 13.8. The summed E-state index contributed by atoms with van der Waals surface area (Å²) in [5.74, 6) is -0.537. The molecule has 0 saturated heterocycles. The first-order valence-electron chi connectivity index (χ1n) is 7.82. The number of nitrogens with zero attached hydrogens (tertiary/aromatic N) is 2. The molecule has 0 aliphatic carbocycles. The Morgan fingerprint density at radius 2 is 1.60 bits per heavy atom. The number of nitrogens with one attached hydrogen (secondary N) is 2. The molecule has 0 amide bonds. The monoisotopic (exact) mass is 340 g/mol. The van der Waals surface area contributed by atoms with Gasteiger partial charge in [-0.25, -0.2) is 13.8 Å². The van der Waals surface area contributed by atoms with Crippen LogP contribution in [-0.2, 0) is 0 Å². The fourth-order valence-electron chi connectivity index (χ4n) is 2.71. The molecule has 0 spiro atoms. The quantitative estimate of drug-likeness (QED) is 0.688. The molecule has 0 aliphatic rings. The zero-order chi connectivity index (χ0) is 18.0. The van der Waals surface area contributed by atoms with Crippen LogP contribution < -0.4 is 10.6 Å². The third-order valence-electron chi connectivity index (χ3n) is 3.76. The minimum absolute atomic E-state index is 0.112. The Morgan fingerprint density at radius 3 is 2.28 bits per heavy atom. The smallest absolute Gasteiger partial charge is 0.229 e. The highest BCUT2D eigenvalue weighted by Crippen LogP contribution is 2.26. The van der Waals surface area contributed by atoms with Crippen molar-refractivity contribution in [3.63, 3.8) is 0 Å². The summed E-state index contributed by atoms with van der Waals surface area (Å²) in [7, 11) is 0. The Labute approximate surface area is 145 Å². The summed E-state index contributed by atoms with van der Waals surface area (Å²) >= 11 is 0.